The van der Waals surface area contributed by atoms with E-state index in [1.807, 2.05) is 60.7 Å². The van der Waals surface area contributed by atoms with Gasteiger partial charge in [-0.15, -0.1) is 0 Å². The number of carbonyl (C=O) groups is 2. The second-order valence-corrected chi connectivity index (χ2v) is 6.34. The summed E-state index contributed by atoms with van der Waals surface area (Å²) in [6.45, 7) is 0.151. The predicted molar refractivity (Wildman–Crippen MR) is 108 cm³/mol. The molecule has 0 unspecified atom stereocenters. The van der Waals surface area contributed by atoms with Crippen molar-refractivity contribution in [2.24, 2.45) is 5.73 Å². The number of nitrogens with two attached hydrogens (primary N) is 1. The minimum atomic E-state index is -0.594. The molecule has 0 heterocycles. The minimum absolute atomic E-state index is 0.0186. The number of nitrogens with one attached hydrogen (secondary N) is 1. The van der Waals surface area contributed by atoms with Gasteiger partial charge in [-0.2, -0.15) is 0 Å². The summed E-state index contributed by atoms with van der Waals surface area (Å²) < 4.78 is 5.36. The summed E-state index contributed by atoms with van der Waals surface area (Å²) in [6, 6.07) is 26.9. The molecule has 0 fully saturated rings. The number of amides is 2. The van der Waals surface area contributed by atoms with Crippen LogP contribution in [0.4, 0.5) is 0 Å². The van der Waals surface area contributed by atoms with Gasteiger partial charge in [0.15, 0.2) is 6.61 Å². The molecule has 0 saturated heterocycles. The predicted octanol–water partition coefficient (Wildman–Crippen LogP) is 3.11. The molecular formula is C23H22N2O3. The second-order valence-electron chi connectivity index (χ2n) is 6.34. The molecule has 5 nitrogen and oxygen atoms in total. The van der Waals surface area contributed by atoms with Crippen LogP contribution in [0.2, 0.25) is 0 Å². The quantitative estimate of drug-likeness (QED) is 0.636. The van der Waals surface area contributed by atoms with Crippen molar-refractivity contribution in [3.8, 4) is 5.75 Å². The Morgan fingerprint density at radius 2 is 1.36 bits per heavy atom. The van der Waals surface area contributed by atoms with E-state index in [-0.39, 0.29) is 18.4 Å². The standard InChI is InChI=1S/C23H22N2O3/c24-22(26)16-28-21-14-8-7-13-19(21)23(27)25-15-20(17-9-3-1-4-10-17)18-11-5-2-6-12-18/h1-14,20H,15-16H2,(H2,24,26)(H,25,27). The van der Waals surface area contributed by atoms with Crippen molar-refractivity contribution < 1.29 is 14.3 Å². The van der Waals surface area contributed by atoms with E-state index in [0.29, 0.717) is 17.9 Å². The Kier molecular flexibility index (Phi) is 6.41. The number of benzene rings is 3. The van der Waals surface area contributed by atoms with Crippen molar-refractivity contribution in [3.05, 3.63) is 102 Å². The number of rotatable bonds is 8. The topological polar surface area (TPSA) is 81.4 Å². The Bertz CT molecular complexity index is 887. The maximum Gasteiger partial charge on any atom is 0.255 e. The Hall–Kier alpha value is -3.60. The van der Waals surface area contributed by atoms with E-state index in [4.69, 9.17) is 10.5 Å². The van der Waals surface area contributed by atoms with Crippen molar-refractivity contribution in [1.29, 1.82) is 0 Å². The first-order chi connectivity index (χ1) is 13.6. The van der Waals surface area contributed by atoms with Gasteiger partial charge in [0, 0.05) is 12.5 Å². The molecule has 3 aromatic rings. The fourth-order valence-corrected chi connectivity index (χ4v) is 3.02. The van der Waals surface area contributed by atoms with Gasteiger partial charge >= 0.3 is 0 Å². The van der Waals surface area contributed by atoms with Crippen LogP contribution in [-0.2, 0) is 4.79 Å². The summed E-state index contributed by atoms with van der Waals surface area (Å²) in [5.41, 5.74) is 7.73. The molecule has 0 aromatic heterocycles. The molecule has 0 bridgehead atoms. The van der Waals surface area contributed by atoms with Crippen LogP contribution in [0.5, 0.6) is 5.75 Å². The summed E-state index contributed by atoms with van der Waals surface area (Å²) in [5.74, 6) is -0.514. The summed E-state index contributed by atoms with van der Waals surface area (Å²) in [4.78, 5) is 23.7. The van der Waals surface area contributed by atoms with Crippen molar-refractivity contribution in [1.82, 2.24) is 5.32 Å². The SMILES string of the molecule is NC(=O)COc1ccccc1C(=O)NCC(c1ccccc1)c1ccccc1. The Balaban J connectivity index is 1.77. The van der Waals surface area contributed by atoms with Crippen molar-refractivity contribution in [2.45, 2.75) is 5.92 Å². The second kappa shape index (κ2) is 9.37. The molecule has 3 aromatic carbocycles. The highest BCUT2D eigenvalue weighted by Crippen LogP contribution is 2.24. The van der Waals surface area contributed by atoms with Gasteiger partial charge in [0.05, 0.1) is 5.56 Å². The maximum absolute atomic E-state index is 12.8. The van der Waals surface area contributed by atoms with E-state index >= 15 is 0 Å². The van der Waals surface area contributed by atoms with E-state index < -0.39 is 5.91 Å². The van der Waals surface area contributed by atoms with E-state index in [1.54, 1.807) is 24.3 Å². The lowest BCUT2D eigenvalue weighted by Crippen LogP contribution is -2.29. The van der Waals surface area contributed by atoms with Gasteiger partial charge < -0.3 is 15.8 Å². The van der Waals surface area contributed by atoms with Crippen LogP contribution in [0, 0.1) is 0 Å². The third-order valence-electron chi connectivity index (χ3n) is 4.37. The van der Waals surface area contributed by atoms with Crippen LogP contribution < -0.4 is 15.8 Å². The number of ether oxygens (including phenoxy) is 1. The Labute approximate surface area is 164 Å². The van der Waals surface area contributed by atoms with Crippen molar-refractivity contribution in [2.75, 3.05) is 13.2 Å². The molecule has 3 rings (SSSR count). The number of carbonyl (C=O) groups excluding carboxylic acids is 2. The molecule has 3 N–H and O–H groups in total. The molecule has 28 heavy (non-hydrogen) atoms. The first-order valence-corrected chi connectivity index (χ1v) is 9.03. The third-order valence-corrected chi connectivity index (χ3v) is 4.37. The average molecular weight is 374 g/mol. The zero-order chi connectivity index (χ0) is 19.8. The smallest absolute Gasteiger partial charge is 0.255 e. The highest BCUT2D eigenvalue weighted by atomic mass is 16.5. The molecule has 0 spiro atoms. The van der Waals surface area contributed by atoms with Crippen LogP contribution in [0.1, 0.15) is 27.4 Å². The lowest BCUT2D eigenvalue weighted by atomic mass is 9.91. The average Bonchev–Trinajstić information content (AvgIpc) is 2.74. The molecule has 0 aliphatic heterocycles. The first-order valence-electron chi connectivity index (χ1n) is 9.03. The van der Waals surface area contributed by atoms with Gasteiger partial charge in [-0.05, 0) is 23.3 Å². The monoisotopic (exact) mass is 374 g/mol. The normalized spacial score (nSPS) is 10.5. The summed E-state index contributed by atoms with van der Waals surface area (Å²) >= 11 is 0. The molecule has 0 radical (unpaired) electrons. The number of hydrogen-bond donors (Lipinski definition) is 2. The molecule has 0 aliphatic carbocycles. The van der Waals surface area contributed by atoms with Crippen LogP contribution in [-0.4, -0.2) is 25.0 Å². The van der Waals surface area contributed by atoms with Crippen LogP contribution in [0.25, 0.3) is 0 Å². The maximum atomic E-state index is 12.8. The Morgan fingerprint density at radius 3 is 1.93 bits per heavy atom. The minimum Gasteiger partial charge on any atom is -0.483 e. The summed E-state index contributed by atoms with van der Waals surface area (Å²) in [7, 11) is 0. The van der Waals surface area contributed by atoms with E-state index in [9.17, 15) is 9.59 Å². The zero-order valence-electron chi connectivity index (χ0n) is 15.4. The van der Waals surface area contributed by atoms with Crippen LogP contribution in [0.15, 0.2) is 84.9 Å². The van der Waals surface area contributed by atoms with E-state index in [1.165, 1.54) is 0 Å². The summed E-state index contributed by atoms with van der Waals surface area (Å²) in [6.07, 6.45) is 0. The number of primary amides is 1. The van der Waals surface area contributed by atoms with Gasteiger partial charge in [0.2, 0.25) is 0 Å². The molecule has 0 atom stereocenters. The van der Waals surface area contributed by atoms with Gasteiger partial charge in [-0.25, -0.2) is 0 Å². The van der Waals surface area contributed by atoms with Crippen molar-refractivity contribution >= 4 is 11.8 Å². The van der Waals surface area contributed by atoms with Gasteiger partial charge in [-0.1, -0.05) is 72.8 Å². The third kappa shape index (κ3) is 4.98. The van der Waals surface area contributed by atoms with E-state index in [2.05, 4.69) is 5.32 Å². The highest BCUT2D eigenvalue weighted by Gasteiger charge is 2.17. The fourth-order valence-electron chi connectivity index (χ4n) is 3.02. The molecule has 0 saturated carbocycles. The van der Waals surface area contributed by atoms with Crippen molar-refractivity contribution in [3.63, 3.8) is 0 Å². The van der Waals surface area contributed by atoms with Crippen LogP contribution >= 0.6 is 0 Å². The number of para-hydroxylation sites is 1. The number of hydrogen-bond acceptors (Lipinski definition) is 3. The van der Waals surface area contributed by atoms with E-state index in [0.717, 1.165) is 11.1 Å². The molecular weight excluding hydrogens is 352 g/mol. The summed E-state index contributed by atoms with van der Waals surface area (Å²) in [5, 5.41) is 2.99. The largest absolute Gasteiger partial charge is 0.483 e. The van der Waals surface area contributed by atoms with Crippen LogP contribution in [0.3, 0.4) is 0 Å². The zero-order valence-corrected chi connectivity index (χ0v) is 15.4. The van der Waals surface area contributed by atoms with Gasteiger partial charge in [0.1, 0.15) is 5.75 Å². The molecule has 5 heteroatoms. The first kappa shape index (κ1) is 19.2. The highest BCUT2D eigenvalue weighted by molar-refractivity contribution is 5.97. The lowest BCUT2D eigenvalue weighted by molar-refractivity contribution is -0.119. The Morgan fingerprint density at radius 1 is 0.821 bits per heavy atom. The molecule has 0 aliphatic rings. The lowest BCUT2D eigenvalue weighted by Gasteiger charge is -2.19. The molecule has 142 valence electrons. The fraction of sp³-hybridized carbons (Fsp3) is 0.130. The van der Waals surface area contributed by atoms with Gasteiger partial charge in [0.25, 0.3) is 11.8 Å². The van der Waals surface area contributed by atoms with Gasteiger partial charge in [-0.3, -0.25) is 9.59 Å². The molecule has 2 amide bonds.